The van der Waals surface area contributed by atoms with Gasteiger partial charge in [0.2, 0.25) is 0 Å². The van der Waals surface area contributed by atoms with Crippen molar-refractivity contribution in [3.05, 3.63) is 66.7 Å². The second-order valence-corrected chi connectivity index (χ2v) is 5.97. The Morgan fingerprint density at radius 1 is 0.800 bits per heavy atom. The van der Waals surface area contributed by atoms with E-state index in [2.05, 4.69) is 11.3 Å². The molecule has 0 fully saturated rings. The average Bonchev–Trinajstić information content (AvgIpc) is 2.75. The summed E-state index contributed by atoms with van der Waals surface area (Å²) in [6.07, 6.45) is 0.672. The van der Waals surface area contributed by atoms with Gasteiger partial charge >= 0.3 is 23.9 Å². The smallest absolute Gasteiger partial charge is 0.335 e. The van der Waals surface area contributed by atoms with Crippen molar-refractivity contribution in [2.75, 3.05) is 13.2 Å². The third-order valence-corrected chi connectivity index (χ3v) is 3.84. The first kappa shape index (κ1) is 22.4. The third kappa shape index (κ3) is 7.23. The van der Waals surface area contributed by atoms with Gasteiger partial charge in [-0.1, -0.05) is 30.8 Å². The van der Waals surface area contributed by atoms with Crippen LogP contribution in [0.4, 0.5) is 0 Å². The van der Waals surface area contributed by atoms with Gasteiger partial charge in [-0.05, 0) is 35.4 Å². The normalized spacial score (nSPS) is 10.0. The molecule has 0 aliphatic rings. The van der Waals surface area contributed by atoms with Crippen molar-refractivity contribution >= 4 is 23.9 Å². The highest BCUT2D eigenvalue weighted by atomic mass is 16.6. The Balaban J connectivity index is 1.76. The predicted molar refractivity (Wildman–Crippen MR) is 106 cm³/mol. The molecule has 0 bridgehead atoms. The summed E-state index contributed by atoms with van der Waals surface area (Å²) in [5.41, 5.74) is 1.84. The molecule has 8 heteroatoms. The quantitative estimate of drug-likeness (QED) is 0.274. The molecule has 0 unspecified atom stereocenters. The number of rotatable bonds is 10. The molecule has 0 radical (unpaired) electrons. The lowest BCUT2D eigenvalue weighted by Gasteiger charge is -2.07. The highest BCUT2D eigenvalue weighted by molar-refractivity contribution is 5.88. The maximum Gasteiger partial charge on any atom is 0.335 e. The van der Waals surface area contributed by atoms with Crippen LogP contribution in [0.3, 0.4) is 0 Å². The van der Waals surface area contributed by atoms with Crippen LogP contribution in [0.2, 0.25) is 0 Å². The lowest BCUT2D eigenvalue weighted by molar-refractivity contribution is -0.151. The maximum absolute atomic E-state index is 11.9. The molecule has 0 saturated heterocycles. The van der Waals surface area contributed by atoms with Crippen LogP contribution in [0.5, 0.6) is 5.75 Å². The summed E-state index contributed by atoms with van der Waals surface area (Å²) >= 11 is 0. The van der Waals surface area contributed by atoms with Crippen LogP contribution in [0.15, 0.2) is 61.2 Å². The summed E-state index contributed by atoms with van der Waals surface area (Å²) in [7, 11) is 0. The molecule has 2 aromatic rings. The first-order chi connectivity index (χ1) is 14.4. The largest absolute Gasteiger partial charge is 0.478 e. The molecule has 0 saturated carbocycles. The predicted octanol–water partition coefficient (Wildman–Crippen LogP) is 3.01. The SMILES string of the molecule is C=CC(=O)OCCOC(=O)CCC(=O)Oc1ccc(-c2ccc(C(=O)O)cc2)cc1. The zero-order chi connectivity index (χ0) is 21.9. The minimum absolute atomic E-state index is 0.0909. The Kier molecular flexibility index (Phi) is 8.31. The molecule has 2 rings (SSSR count). The molecule has 0 aromatic heterocycles. The number of ether oxygens (including phenoxy) is 3. The zero-order valence-corrected chi connectivity index (χ0v) is 16.0. The summed E-state index contributed by atoms with van der Waals surface area (Å²) in [4.78, 5) is 45.1. The van der Waals surface area contributed by atoms with E-state index in [1.165, 1.54) is 12.1 Å². The van der Waals surface area contributed by atoms with Crippen LogP contribution in [0.1, 0.15) is 23.2 Å². The van der Waals surface area contributed by atoms with Crippen molar-refractivity contribution in [3.8, 4) is 16.9 Å². The summed E-state index contributed by atoms with van der Waals surface area (Å²) in [5, 5.41) is 8.93. The number of carboxylic acid groups (broad SMARTS) is 1. The topological polar surface area (TPSA) is 116 Å². The molecule has 0 aliphatic carbocycles. The number of carbonyl (C=O) groups excluding carboxylic acids is 3. The lowest BCUT2D eigenvalue weighted by atomic mass is 10.0. The van der Waals surface area contributed by atoms with E-state index < -0.39 is 23.9 Å². The first-order valence-electron chi connectivity index (χ1n) is 8.98. The number of aromatic carboxylic acids is 1. The van der Waals surface area contributed by atoms with Crippen molar-refractivity contribution in [3.63, 3.8) is 0 Å². The molecule has 0 aliphatic heterocycles. The van der Waals surface area contributed by atoms with Gasteiger partial charge in [-0.3, -0.25) is 9.59 Å². The molecule has 0 atom stereocenters. The van der Waals surface area contributed by atoms with E-state index in [0.717, 1.165) is 17.2 Å². The number of hydrogen-bond acceptors (Lipinski definition) is 7. The number of carboxylic acids is 1. The zero-order valence-electron chi connectivity index (χ0n) is 16.0. The van der Waals surface area contributed by atoms with E-state index in [-0.39, 0.29) is 31.6 Å². The second-order valence-electron chi connectivity index (χ2n) is 5.97. The Labute approximate surface area is 172 Å². The first-order valence-corrected chi connectivity index (χ1v) is 8.98. The monoisotopic (exact) mass is 412 g/mol. The molecule has 2 aromatic carbocycles. The van der Waals surface area contributed by atoms with Gasteiger partial charge in [0.15, 0.2) is 0 Å². The lowest BCUT2D eigenvalue weighted by Crippen LogP contribution is -2.15. The summed E-state index contributed by atoms with van der Waals surface area (Å²) in [6, 6.07) is 13.1. The molecule has 0 heterocycles. The van der Waals surface area contributed by atoms with E-state index in [4.69, 9.17) is 14.6 Å². The second kappa shape index (κ2) is 11.2. The van der Waals surface area contributed by atoms with E-state index in [1.807, 2.05) is 0 Å². The standard InChI is InChI=1S/C22H20O8/c1-2-19(23)28-13-14-29-20(24)11-12-21(25)30-18-9-7-16(8-10-18)15-3-5-17(6-4-15)22(26)27/h2-10H,1,11-14H2,(H,26,27). The van der Waals surface area contributed by atoms with E-state index in [0.29, 0.717) is 5.75 Å². The summed E-state index contributed by atoms with van der Waals surface area (Å²) in [5.74, 6) is -2.50. The van der Waals surface area contributed by atoms with Crippen molar-refractivity contribution in [2.24, 2.45) is 0 Å². The van der Waals surface area contributed by atoms with Crippen LogP contribution in [0, 0.1) is 0 Å². The minimum Gasteiger partial charge on any atom is -0.478 e. The van der Waals surface area contributed by atoms with E-state index in [1.54, 1.807) is 36.4 Å². The Morgan fingerprint density at radius 3 is 1.90 bits per heavy atom. The Morgan fingerprint density at radius 2 is 1.33 bits per heavy atom. The Bertz CT molecular complexity index is 913. The van der Waals surface area contributed by atoms with Crippen LogP contribution in [-0.4, -0.2) is 42.2 Å². The minimum atomic E-state index is -0.996. The number of esters is 3. The molecule has 0 spiro atoms. The number of carbonyl (C=O) groups is 4. The van der Waals surface area contributed by atoms with Gasteiger partial charge < -0.3 is 19.3 Å². The van der Waals surface area contributed by atoms with Crippen LogP contribution >= 0.6 is 0 Å². The van der Waals surface area contributed by atoms with Crippen molar-refractivity contribution < 1.29 is 38.5 Å². The van der Waals surface area contributed by atoms with Gasteiger partial charge in [0.05, 0.1) is 18.4 Å². The molecular formula is C22H20O8. The third-order valence-electron chi connectivity index (χ3n) is 3.84. The number of hydrogen-bond donors (Lipinski definition) is 1. The highest BCUT2D eigenvalue weighted by Gasteiger charge is 2.11. The molecule has 8 nitrogen and oxygen atoms in total. The average molecular weight is 412 g/mol. The molecular weight excluding hydrogens is 392 g/mol. The van der Waals surface area contributed by atoms with Gasteiger partial charge in [0.1, 0.15) is 19.0 Å². The van der Waals surface area contributed by atoms with Gasteiger partial charge in [-0.15, -0.1) is 0 Å². The van der Waals surface area contributed by atoms with Crippen molar-refractivity contribution in [2.45, 2.75) is 12.8 Å². The fourth-order valence-corrected chi connectivity index (χ4v) is 2.34. The van der Waals surface area contributed by atoms with Gasteiger partial charge in [-0.2, -0.15) is 0 Å². The summed E-state index contributed by atoms with van der Waals surface area (Å²) < 4.78 is 14.7. The van der Waals surface area contributed by atoms with Gasteiger partial charge in [0.25, 0.3) is 0 Å². The number of benzene rings is 2. The molecule has 156 valence electrons. The fourth-order valence-electron chi connectivity index (χ4n) is 2.34. The van der Waals surface area contributed by atoms with Crippen molar-refractivity contribution in [1.82, 2.24) is 0 Å². The van der Waals surface area contributed by atoms with E-state index in [9.17, 15) is 19.2 Å². The van der Waals surface area contributed by atoms with Crippen molar-refractivity contribution in [1.29, 1.82) is 0 Å². The van der Waals surface area contributed by atoms with Crippen LogP contribution < -0.4 is 4.74 Å². The molecule has 30 heavy (non-hydrogen) atoms. The van der Waals surface area contributed by atoms with Gasteiger partial charge in [-0.25, -0.2) is 9.59 Å². The van der Waals surface area contributed by atoms with Crippen LogP contribution in [-0.2, 0) is 23.9 Å². The molecule has 0 amide bonds. The van der Waals surface area contributed by atoms with E-state index >= 15 is 0 Å². The molecule has 1 N–H and O–H groups in total. The fraction of sp³-hybridized carbons (Fsp3) is 0.182. The summed E-state index contributed by atoms with van der Waals surface area (Å²) in [6.45, 7) is 3.03. The Hall–Kier alpha value is -3.94. The maximum atomic E-state index is 11.9. The van der Waals surface area contributed by atoms with Gasteiger partial charge in [0, 0.05) is 6.08 Å². The van der Waals surface area contributed by atoms with Crippen LogP contribution in [0.25, 0.3) is 11.1 Å². The highest BCUT2D eigenvalue weighted by Crippen LogP contribution is 2.23.